The number of fused-ring (bicyclic) bond motifs is 3. The number of amides is 1. The highest BCUT2D eigenvalue weighted by molar-refractivity contribution is 5.94. The molecule has 0 bridgehead atoms. The number of aromatic nitrogens is 4. The summed E-state index contributed by atoms with van der Waals surface area (Å²) in [5, 5.41) is 6.90. The third kappa shape index (κ3) is 2.24. The van der Waals surface area contributed by atoms with Gasteiger partial charge in [-0.05, 0) is 17.7 Å². The Balaban J connectivity index is 1.97. The van der Waals surface area contributed by atoms with Gasteiger partial charge >= 0.3 is 0 Å². The van der Waals surface area contributed by atoms with Gasteiger partial charge in [-0.3, -0.25) is 14.2 Å². The summed E-state index contributed by atoms with van der Waals surface area (Å²) in [5.74, 6) is 1.22. The summed E-state index contributed by atoms with van der Waals surface area (Å²) in [6, 6.07) is 5.38. The molecule has 134 valence electrons. The Kier molecular flexibility index (Phi) is 3.64. The number of nitrogens with zero attached hydrogens (tertiary/aromatic N) is 4. The van der Waals surface area contributed by atoms with Crippen LogP contribution in [0.3, 0.4) is 0 Å². The summed E-state index contributed by atoms with van der Waals surface area (Å²) < 4.78 is 13.5. The van der Waals surface area contributed by atoms with Gasteiger partial charge in [0.1, 0.15) is 12.1 Å². The lowest BCUT2D eigenvalue weighted by molar-refractivity contribution is -0.116. The molecule has 3 heterocycles. The topological polar surface area (TPSA) is 99.8 Å². The maximum atomic E-state index is 13.0. The molecule has 9 nitrogen and oxygen atoms in total. The van der Waals surface area contributed by atoms with Crippen molar-refractivity contribution in [1.82, 2.24) is 19.2 Å². The van der Waals surface area contributed by atoms with E-state index in [0.29, 0.717) is 28.7 Å². The number of anilines is 1. The number of methoxy groups -OCH3 is 2. The van der Waals surface area contributed by atoms with Crippen molar-refractivity contribution in [1.29, 1.82) is 0 Å². The minimum Gasteiger partial charge on any atom is -0.493 e. The van der Waals surface area contributed by atoms with Gasteiger partial charge < -0.3 is 14.8 Å². The van der Waals surface area contributed by atoms with E-state index in [1.54, 1.807) is 33.4 Å². The average molecular weight is 355 g/mol. The summed E-state index contributed by atoms with van der Waals surface area (Å²) in [5.41, 5.74) is 1.04. The van der Waals surface area contributed by atoms with Crippen LogP contribution in [0.15, 0.2) is 29.3 Å². The standard InChI is InChI=1S/C17H17N5O4/c1-21-16(24)14-10(9-4-5-11(25-2)12(6-9)26-3)7-13(23)20-15(14)22-17(21)18-8-19-22/h4-6,8,10H,7H2,1-3H3,(H,20,23)/t10-/m0/s1. The zero-order chi connectivity index (χ0) is 18.4. The second-order valence-corrected chi connectivity index (χ2v) is 6.02. The summed E-state index contributed by atoms with van der Waals surface area (Å²) >= 11 is 0. The van der Waals surface area contributed by atoms with Gasteiger partial charge in [0.05, 0.1) is 19.8 Å². The predicted octanol–water partition coefficient (Wildman–Crippen LogP) is 0.919. The van der Waals surface area contributed by atoms with E-state index < -0.39 is 5.92 Å². The molecule has 2 aromatic heterocycles. The fourth-order valence-corrected chi connectivity index (χ4v) is 3.37. The molecular weight excluding hydrogens is 338 g/mol. The number of carbonyl (C=O) groups is 1. The van der Waals surface area contributed by atoms with Gasteiger partial charge in [-0.25, -0.2) is 0 Å². The molecule has 0 unspecified atom stereocenters. The fourth-order valence-electron chi connectivity index (χ4n) is 3.37. The number of rotatable bonds is 3. The Morgan fingerprint density at radius 1 is 1.19 bits per heavy atom. The van der Waals surface area contributed by atoms with Crippen LogP contribution in [0.25, 0.3) is 5.78 Å². The Morgan fingerprint density at radius 3 is 2.69 bits per heavy atom. The highest BCUT2D eigenvalue weighted by atomic mass is 16.5. The first kappa shape index (κ1) is 16.1. The van der Waals surface area contributed by atoms with E-state index >= 15 is 0 Å². The molecule has 4 rings (SSSR count). The van der Waals surface area contributed by atoms with Crippen molar-refractivity contribution in [2.75, 3.05) is 19.5 Å². The van der Waals surface area contributed by atoms with Crippen molar-refractivity contribution < 1.29 is 14.3 Å². The summed E-state index contributed by atoms with van der Waals surface area (Å²) in [4.78, 5) is 29.4. The lowest BCUT2D eigenvalue weighted by atomic mass is 9.86. The molecule has 0 radical (unpaired) electrons. The van der Waals surface area contributed by atoms with Crippen molar-refractivity contribution in [3.8, 4) is 11.5 Å². The molecule has 0 spiro atoms. The molecule has 3 aromatic rings. The van der Waals surface area contributed by atoms with Crippen molar-refractivity contribution >= 4 is 17.5 Å². The van der Waals surface area contributed by atoms with E-state index in [-0.39, 0.29) is 17.9 Å². The van der Waals surface area contributed by atoms with Crippen molar-refractivity contribution in [2.45, 2.75) is 12.3 Å². The van der Waals surface area contributed by atoms with Crippen LogP contribution in [0.5, 0.6) is 11.5 Å². The molecule has 0 saturated carbocycles. The number of benzene rings is 1. The fraction of sp³-hybridized carbons (Fsp3) is 0.294. The van der Waals surface area contributed by atoms with E-state index in [1.165, 1.54) is 15.4 Å². The molecular formula is C17H17N5O4. The molecule has 1 aromatic carbocycles. The zero-order valence-corrected chi connectivity index (χ0v) is 14.5. The Labute approximate surface area is 148 Å². The third-order valence-electron chi connectivity index (χ3n) is 4.64. The first-order valence-corrected chi connectivity index (χ1v) is 7.99. The molecule has 1 amide bonds. The van der Waals surface area contributed by atoms with Gasteiger partial charge in [-0.1, -0.05) is 6.07 Å². The largest absolute Gasteiger partial charge is 0.493 e. The first-order valence-electron chi connectivity index (χ1n) is 7.99. The van der Waals surface area contributed by atoms with Gasteiger partial charge in [0, 0.05) is 19.4 Å². The minimum absolute atomic E-state index is 0.151. The molecule has 0 fully saturated rings. The highest BCUT2D eigenvalue weighted by Crippen LogP contribution is 2.38. The van der Waals surface area contributed by atoms with Gasteiger partial charge in [-0.2, -0.15) is 14.6 Å². The van der Waals surface area contributed by atoms with Gasteiger partial charge in [0.25, 0.3) is 5.56 Å². The minimum atomic E-state index is -0.425. The van der Waals surface area contributed by atoms with Gasteiger partial charge in [0.2, 0.25) is 11.7 Å². The molecule has 1 N–H and O–H groups in total. The number of hydrogen-bond acceptors (Lipinski definition) is 6. The number of nitrogens with one attached hydrogen (secondary N) is 1. The van der Waals surface area contributed by atoms with Crippen LogP contribution in [0.4, 0.5) is 5.82 Å². The second kappa shape index (κ2) is 5.87. The number of ether oxygens (including phenoxy) is 2. The van der Waals surface area contributed by atoms with Crippen LogP contribution < -0.4 is 20.3 Å². The maximum Gasteiger partial charge on any atom is 0.260 e. The van der Waals surface area contributed by atoms with Crippen LogP contribution in [0, 0.1) is 0 Å². The smallest absolute Gasteiger partial charge is 0.260 e. The predicted molar refractivity (Wildman–Crippen MR) is 92.9 cm³/mol. The van der Waals surface area contributed by atoms with E-state index in [9.17, 15) is 9.59 Å². The molecule has 9 heteroatoms. The quantitative estimate of drug-likeness (QED) is 0.750. The summed E-state index contributed by atoms with van der Waals surface area (Å²) in [7, 11) is 4.73. The molecule has 0 aliphatic carbocycles. The monoisotopic (exact) mass is 355 g/mol. The molecule has 1 aliphatic heterocycles. The van der Waals surface area contributed by atoms with Crippen molar-refractivity contribution in [3.05, 3.63) is 46.0 Å². The molecule has 26 heavy (non-hydrogen) atoms. The van der Waals surface area contributed by atoms with E-state index in [1.807, 2.05) is 6.07 Å². The van der Waals surface area contributed by atoms with Gasteiger partial charge in [0.15, 0.2) is 11.5 Å². The van der Waals surface area contributed by atoms with E-state index in [0.717, 1.165) is 5.56 Å². The maximum absolute atomic E-state index is 13.0. The van der Waals surface area contributed by atoms with E-state index in [2.05, 4.69) is 15.4 Å². The third-order valence-corrected chi connectivity index (χ3v) is 4.64. The van der Waals surface area contributed by atoms with Crippen LogP contribution in [0.1, 0.15) is 23.5 Å². The van der Waals surface area contributed by atoms with E-state index in [4.69, 9.17) is 9.47 Å². The Bertz CT molecular complexity index is 1080. The Morgan fingerprint density at radius 2 is 1.96 bits per heavy atom. The average Bonchev–Trinajstić information content (AvgIpc) is 3.15. The van der Waals surface area contributed by atoms with Crippen molar-refractivity contribution in [3.63, 3.8) is 0 Å². The normalized spacial score (nSPS) is 16.3. The first-order chi connectivity index (χ1) is 12.5. The number of aryl methyl sites for hydroxylation is 1. The summed E-state index contributed by atoms with van der Waals surface area (Å²) in [6.45, 7) is 0. The van der Waals surface area contributed by atoms with Crippen LogP contribution in [-0.2, 0) is 11.8 Å². The highest BCUT2D eigenvalue weighted by Gasteiger charge is 2.33. The molecule has 1 aliphatic rings. The molecule has 0 saturated heterocycles. The number of carbonyl (C=O) groups excluding carboxylic acids is 1. The van der Waals surface area contributed by atoms with Crippen LogP contribution >= 0.6 is 0 Å². The van der Waals surface area contributed by atoms with Crippen molar-refractivity contribution in [2.24, 2.45) is 7.05 Å². The summed E-state index contributed by atoms with van der Waals surface area (Å²) in [6.07, 6.45) is 1.50. The zero-order valence-electron chi connectivity index (χ0n) is 14.5. The SMILES string of the molecule is COc1ccc([C@@H]2CC(=O)Nc3c2c(=O)n(C)c2ncnn32)cc1OC. The van der Waals surface area contributed by atoms with Gasteiger partial charge in [-0.15, -0.1) is 0 Å². The second-order valence-electron chi connectivity index (χ2n) is 6.02. The molecule has 1 atom stereocenters. The van der Waals surface area contributed by atoms with Crippen LogP contribution in [-0.4, -0.2) is 39.3 Å². The van der Waals surface area contributed by atoms with Crippen LogP contribution in [0.2, 0.25) is 0 Å². The Hall–Kier alpha value is -3.36. The lowest BCUT2D eigenvalue weighted by Crippen LogP contribution is -2.35. The number of hydrogen-bond donors (Lipinski definition) is 1. The lowest BCUT2D eigenvalue weighted by Gasteiger charge is -2.26.